The molecule has 0 fully saturated rings. The van der Waals surface area contributed by atoms with E-state index >= 15 is 0 Å². The van der Waals surface area contributed by atoms with E-state index in [2.05, 4.69) is 24.4 Å². The van der Waals surface area contributed by atoms with E-state index in [9.17, 15) is 0 Å². The number of benzene rings is 1. The highest BCUT2D eigenvalue weighted by atomic mass is 35.5. The van der Waals surface area contributed by atoms with E-state index in [4.69, 9.17) is 11.6 Å². The van der Waals surface area contributed by atoms with Crippen LogP contribution in [0.5, 0.6) is 0 Å². The number of hydrogen-bond acceptors (Lipinski definition) is 1. The molecule has 0 bridgehead atoms. The van der Waals surface area contributed by atoms with Crippen LogP contribution in [0.15, 0.2) is 18.2 Å². The number of nitrogens with one attached hydrogen (secondary N) is 1. The summed E-state index contributed by atoms with van der Waals surface area (Å²) in [7, 11) is 2.02. The number of likely N-dealkylation sites (N-methyl/N-ethyl adjacent to an activating group) is 1. The number of hydrogen-bond donors (Lipinski definition) is 1. The lowest BCUT2D eigenvalue weighted by atomic mass is 9.76. The zero-order valence-electron chi connectivity index (χ0n) is 9.39. The standard InChI is InChI=1S/C13H18ClN/c1-9-6-7-11-10(12(9)8-15-2)4-3-5-13(11)14/h3-5,9,12,15H,6-8H2,1-2H3. The first-order chi connectivity index (χ1) is 7.24. The fraction of sp³-hybridized carbons (Fsp3) is 0.538. The van der Waals surface area contributed by atoms with Crippen molar-refractivity contribution in [3.8, 4) is 0 Å². The van der Waals surface area contributed by atoms with E-state index in [0.717, 1.165) is 23.9 Å². The molecule has 1 aromatic rings. The molecular formula is C13H18ClN. The fourth-order valence-electron chi connectivity index (χ4n) is 2.60. The molecule has 0 aromatic heterocycles. The summed E-state index contributed by atoms with van der Waals surface area (Å²) in [5, 5.41) is 4.23. The van der Waals surface area contributed by atoms with Gasteiger partial charge in [-0.1, -0.05) is 30.7 Å². The van der Waals surface area contributed by atoms with Gasteiger partial charge in [0, 0.05) is 11.6 Å². The van der Waals surface area contributed by atoms with Crippen molar-refractivity contribution in [1.82, 2.24) is 5.32 Å². The zero-order valence-corrected chi connectivity index (χ0v) is 10.1. The lowest BCUT2D eigenvalue weighted by Crippen LogP contribution is -2.27. The molecule has 1 aliphatic rings. The fourth-order valence-corrected chi connectivity index (χ4v) is 2.87. The van der Waals surface area contributed by atoms with Gasteiger partial charge in [0.1, 0.15) is 0 Å². The molecule has 0 aliphatic heterocycles. The first-order valence-corrected chi connectivity index (χ1v) is 6.03. The van der Waals surface area contributed by atoms with Crippen molar-refractivity contribution in [3.05, 3.63) is 34.3 Å². The topological polar surface area (TPSA) is 12.0 Å². The Morgan fingerprint density at radius 1 is 1.47 bits per heavy atom. The van der Waals surface area contributed by atoms with Crippen LogP contribution in [0, 0.1) is 5.92 Å². The quantitative estimate of drug-likeness (QED) is 0.812. The van der Waals surface area contributed by atoms with Gasteiger partial charge in [-0.2, -0.15) is 0 Å². The summed E-state index contributed by atoms with van der Waals surface area (Å²) in [6, 6.07) is 6.31. The summed E-state index contributed by atoms with van der Waals surface area (Å²) in [6.45, 7) is 3.39. The summed E-state index contributed by atoms with van der Waals surface area (Å²) < 4.78 is 0. The Kier molecular flexibility index (Phi) is 3.32. The van der Waals surface area contributed by atoms with Gasteiger partial charge in [-0.3, -0.25) is 0 Å². The molecule has 0 radical (unpaired) electrons. The Bertz CT molecular complexity index is 348. The SMILES string of the molecule is CNCC1c2cccc(Cl)c2CCC1C. The average molecular weight is 224 g/mol. The van der Waals surface area contributed by atoms with Gasteiger partial charge in [0.25, 0.3) is 0 Å². The summed E-state index contributed by atoms with van der Waals surface area (Å²) in [6.07, 6.45) is 2.39. The van der Waals surface area contributed by atoms with Gasteiger partial charge in [0.2, 0.25) is 0 Å². The largest absolute Gasteiger partial charge is 0.319 e. The molecule has 0 spiro atoms. The Balaban J connectivity index is 2.39. The molecule has 2 unspecified atom stereocenters. The molecule has 0 amide bonds. The van der Waals surface area contributed by atoms with Crippen LogP contribution in [0.1, 0.15) is 30.4 Å². The lowest BCUT2D eigenvalue weighted by Gasteiger charge is -2.31. The maximum Gasteiger partial charge on any atom is 0.0440 e. The molecule has 0 heterocycles. The van der Waals surface area contributed by atoms with Gasteiger partial charge >= 0.3 is 0 Å². The summed E-state index contributed by atoms with van der Waals surface area (Å²) >= 11 is 6.23. The van der Waals surface area contributed by atoms with Crippen molar-refractivity contribution in [2.75, 3.05) is 13.6 Å². The van der Waals surface area contributed by atoms with Crippen molar-refractivity contribution in [2.45, 2.75) is 25.7 Å². The first kappa shape index (κ1) is 11.0. The summed E-state index contributed by atoms with van der Waals surface area (Å²) in [5.41, 5.74) is 2.83. The molecule has 1 nitrogen and oxygen atoms in total. The molecule has 0 saturated carbocycles. The van der Waals surface area contributed by atoms with Crippen LogP contribution in [0.3, 0.4) is 0 Å². The smallest absolute Gasteiger partial charge is 0.0440 e. The van der Waals surface area contributed by atoms with Crippen LogP contribution < -0.4 is 5.32 Å². The van der Waals surface area contributed by atoms with Gasteiger partial charge in [-0.25, -0.2) is 0 Å². The maximum atomic E-state index is 6.23. The van der Waals surface area contributed by atoms with Gasteiger partial charge in [0.05, 0.1) is 0 Å². The average Bonchev–Trinajstić information content (AvgIpc) is 2.23. The Morgan fingerprint density at radius 2 is 2.27 bits per heavy atom. The van der Waals surface area contributed by atoms with Crippen molar-refractivity contribution in [2.24, 2.45) is 5.92 Å². The molecule has 2 rings (SSSR count). The highest BCUT2D eigenvalue weighted by Crippen LogP contribution is 2.38. The number of halogens is 1. The molecule has 15 heavy (non-hydrogen) atoms. The normalized spacial score (nSPS) is 25.0. The monoisotopic (exact) mass is 223 g/mol. The minimum Gasteiger partial charge on any atom is -0.319 e. The second kappa shape index (κ2) is 4.54. The summed E-state index contributed by atoms with van der Waals surface area (Å²) in [4.78, 5) is 0. The summed E-state index contributed by atoms with van der Waals surface area (Å²) in [5.74, 6) is 1.38. The van der Waals surface area contributed by atoms with Crippen LogP contribution in [0.2, 0.25) is 5.02 Å². The predicted molar refractivity (Wildman–Crippen MR) is 65.6 cm³/mol. The lowest BCUT2D eigenvalue weighted by molar-refractivity contribution is 0.393. The van der Waals surface area contributed by atoms with Gasteiger partial charge in [-0.05, 0) is 48.9 Å². The maximum absolute atomic E-state index is 6.23. The van der Waals surface area contributed by atoms with Crippen molar-refractivity contribution in [1.29, 1.82) is 0 Å². The van der Waals surface area contributed by atoms with Gasteiger partial charge in [-0.15, -0.1) is 0 Å². The van der Waals surface area contributed by atoms with E-state index in [1.807, 2.05) is 13.1 Å². The van der Waals surface area contributed by atoms with E-state index in [1.165, 1.54) is 17.5 Å². The highest BCUT2D eigenvalue weighted by molar-refractivity contribution is 6.31. The third-order valence-electron chi connectivity index (χ3n) is 3.52. The minimum absolute atomic E-state index is 0.623. The van der Waals surface area contributed by atoms with Crippen LogP contribution in [0.25, 0.3) is 0 Å². The first-order valence-electron chi connectivity index (χ1n) is 5.66. The Labute approximate surface area is 96.8 Å². The minimum atomic E-state index is 0.623. The molecule has 1 aliphatic carbocycles. The van der Waals surface area contributed by atoms with Crippen molar-refractivity contribution >= 4 is 11.6 Å². The van der Waals surface area contributed by atoms with Crippen LogP contribution in [-0.2, 0) is 6.42 Å². The van der Waals surface area contributed by atoms with Crippen LogP contribution in [0.4, 0.5) is 0 Å². The number of fused-ring (bicyclic) bond motifs is 1. The van der Waals surface area contributed by atoms with E-state index in [-0.39, 0.29) is 0 Å². The van der Waals surface area contributed by atoms with Crippen LogP contribution >= 0.6 is 11.6 Å². The second-order valence-electron chi connectivity index (χ2n) is 4.49. The van der Waals surface area contributed by atoms with E-state index < -0.39 is 0 Å². The Morgan fingerprint density at radius 3 is 3.00 bits per heavy atom. The van der Waals surface area contributed by atoms with Gasteiger partial charge in [0.15, 0.2) is 0 Å². The van der Waals surface area contributed by atoms with Crippen LogP contribution in [-0.4, -0.2) is 13.6 Å². The molecular weight excluding hydrogens is 206 g/mol. The third kappa shape index (κ3) is 2.04. The van der Waals surface area contributed by atoms with Crippen molar-refractivity contribution < 1.29 is 0 Å². The van der Waals surface area contributed by atoms with E-state index in [1.54, 1.807) is 0 Å². The van der Waals surface area contributed by atoms with E-state index in [0.29, 0.717) is 5.92 Å². The predicted octanol–water partition coefficient (Wildman–Crippen LogP) is 3.23. The molecule has 2 heteroatoms. The molecule has 2 atom stereocenters. The van der Waals surface area contributed by atoms with Gasteiger partial charge < -0.3 is 5.32 Å². The van der Waals surface area contributed by atoms with Crippen molar-refractivity contribution in [3.63, 3.8) is 0 Å². The second-order valence-corrected chi connectivity index (χ2v) is 4.89. The molecule has 0 saturated heterocycles. The molecule has 82 valence electrons. The Hall–Kier alpha value is -0.530. The molecule has 1 N–H and O–H groups in total. The molecule has 1 aromatic carbocycles. The zero-order chi connectivity index (χ0) is 10.8. The number of rotatable bonds is 2. The highest BCUT2D eigenvalue weighted by Gasteiger charge is 2.26. The third-order valence-corrected chi connectivity index (χ3v) is 3.87.